The molecule has 3 N–H and O–H groups in total. The van der Waals surface area contributed by atoms with Gasteiger partial charge in [0, 0.05) is 56.8 Å². The maximum Gasteiger partial charge on any atom is 0.269 e. The lowest BCUT2D eigenvalue weighted by Crippen LogP contribution is -2.29. The normalized spacial score (nSPS) is 15.2. The number of nitrogens with zero attached hydrogens (tertiary/aromatic N) is 4. The fourth-order valence-corrected chi connectivity index (χ4v) is 4.15. The minimum absolute atomic E-state index is 0.0787. The molecule has 0 spiro atoms. The van der Waals surface area contributed by atoms with Crippen molar-refractivity contribution >= 4 is 34.5 Å². The van der Waals surface area contributed by atoms with Gasteiger partial charge in [-0.05, 0) is 48.9 Å². The van der Waals surface area contributed by atoms with Gasteiger partial charge in [-0.15, -0.1) is 0 Å². The fraction of sp³-hybridized carbons (Fsp3) is 0.231. The van der Waals surface area contributed by atoms with Gasteiger partial charge in [-0.3, -0.25) is 14.6 Å². The fourth-order valence-electron chi connectivity index (χ4n) is 4.15. The summed E-state index contributed by atoms with van der Waals surface area (Å²) in [6.07, 6.45) is 1.70. The van der Waals surface area contributed by atoms with Gasteiger partial charge in [-0.2, -0.15) is 0 Å². The van der Waals surface area contributed by atoms with E-state index in [-0.39, 0.29) is 17.5 Å². The molecule has 1 aliphatic heterocycles. The molecule has 2 aromatic heterocycles. The van der Waals surface area contributed by atoms with Gasteiger partial charge >= 0.3 is 0 Å². The molecule has 4 aromatic rings. The highest BCUT2D eigenvalue weighted by molar-refractivity contribution is 5.95. The van der Waals surface area contributed by atoms with E-state index in [1.165, 1.54) is 6.20 Å². The molecule has 1 unspecified atom stereocenters. The molecule has 2 amide bonds. The summed E-state index contributed by atoms with van der Waals surface area (Å²) in [7, 11) is 3.46. The number of anilines is 2. The number of pyridine rings is 1. The van der Waals surface area contributed by atoms with Gasteiger partial charge < -0.3 is 29.9 Å². The third kappa shape index (κ3) is 4.71. The number of β-amino-alcohol motifs (C(OH)–C–C–N with tert-alkyl or cyclic N) is 1. The molecular formula is C26H26N6O4. The highest BCUT2D eigenvalue weighted by Gasteiger charge is 2.25. The Morgan fingerprint density at radius 1 is 1.08 bits per heavy atom. The number of aliphatic hydroxyl groups is 1. The summed E-state index contributed by atoms with van der Waals surface area (Å²) in [5.41, 5.74) is 3.28. The number of hydrogen-bond acceptors (Lipinski definition) is 7. The van der Waals surface area contributed by atoms with E-state index in [4.69, 9.17) is 9.72 Å². The van der Waals surface area contributed by atoms with Crippen LogP contribution in [-0.4, -0.2) is 62.6 Å². The standard InChI is InChI=1S/C26H26N6O4/c1-27-24(34)22-14-20(9-11-28-22)36-19-7-8-23-21(13-19)30-26(31(23)2)29-17-5-3-16(4-6-17)25(35)32-12-10-18(33)15-32/h3-9,11,13-14,18,33H,10,12,15H2,1-2H3,(H,27,34)(H,29,30). The van der Waals surface area contributed by atoms with Gasteiger partial charge in [-0.25, -0.2) is 4.98 Å². The van der Waals surface area contributed by atoms with Crippen LogP contribution in [0.1, 0.15) is 27.3 Å². The SMILES string of the molecule is CNC(=O)c1cc(Oc2ccc3c(c2)nc(Nc2ccc(C(=O)N4CCC(O)C4)cc2)n3C)ccn1. The first-order chi connectivity index (χ1) is 17.4. The number of aromatic nitrogens is 3. The van der Waals surface area contributed by atoms with Crippen molar-refractivity contribution in [2.75, 3.05) is 25.5 Å². The van der Waals surface area contributed by atoms with Crippen LogP contribution in [0.5, 0.6) is 11.5 Å². The lowest BCUT2D eigenvalue weighted by atomic mass is 10.2. The van der Waals surface area contributed by atoms with E-state index in [9.17, 15) is 14.7 Å². The smallest absolute Gasteiger partial charge is 0.269 e. The Morgan fingerprint density at radius 2 is 1.86 bits per heavy atom. The maximum atomic E-state index is 12.6. The summed E-state index contributed by atoms with van der Waals surface area (Å²) < 4.78 is 7.86. The van der Waals surface area contributed by atoms with Crippen molar-refractivity contribution in [3.8, 4) is 11.5 Å². The van der Waals surface area contributed by atoms with Crippen molar-refractivity contribution in [3.05, 3.63) is 72.1 Å². The van der Waals surface area contributed by atoms with Crippen LogP contribution in [0.15, 0.2) is 60.8 Å². The van der Waals surface area contributed by atoms with Crippen molar-refractivity contribution < 1.29 is 19.4 Å². The van der Waals surface area contributed by atoms with Crippen molar-refractivity contribution in [3.63, 3.8) is 0 Å². The molecule has 0 radical (unpaired) electrons. The summed E-state index contributed by atoms with van der Waals surface area (Å²) >= 11 is 0. The molecule has 1 atom stereocenters. The summed E-state index contributed by atoms with van der Waals surface area (Å²) in [5, 5.41) is 15.5. The zero-order valence-corrected chi connectivity index (χ0v) is 19.9. The molecule has 0 saturated carbocycles. The van der Waals surface area contributed by atoms with Crippen LogP contribution in [0.25, 0.3) is 11.0 Å². The van der Waals surface area contributed by atoms with Gasteiger partial charge in [0.25, 0.3) is 11.8 Å². The average molecular weight is 487 g/mol. The average Bonchev–Trinajstić information content (AvgIpc) is 3.46. The number of likely N-dealkylation sites (tertiary alicyclic amines) is 1. The molecular weight excluding hydrogens is 460 g/mol. The summed E-state index contributed by atoms with van der Waals surface area (Å²) in [4.78, 5) is 34.8. The Balaban J connectivity index is 1.31. The first-order valence-electron chi connectivity index (χ1n) is 11.6. The van der Waals surface area contributed by atoms with Gasteiger partial charge in [0.2, 0.25) is 5.95 Å². The highest BCUT2D eigenvalue weighted by Crippen LogP contribution is 2.28. The molecule has 0 bridgehead atoms. The molecule has 10 nitrogen and oxygen atoms in total. The molecule has 2 aromatic carbocycles. The highest BCUT2D eigenvalue weighted by atomic mass is 16.5. The van der Waals surface area contributed by atoms with Gasteiger partial charge in [-0.1, -0.05) is 0 Å². The molecule has 1 fully saturated rings. The number of imidazole rings is 1. The van der Waals surface area contributed by atoms with E-state index in [1.807, 2.05) is 41.9 Å². The number of amides is 2. The van der Waals surface area contributed by atoms with E-state index in [1.54, 1.807) is 36.2 Å². The topological polar surface area (TPSA) is 122 Å². The molecule has 1 aliphatic rings. The van der Waals surface area contributed by atoms with Gasteiger partial charge in [0.05, 0.1) is 17.1 Å². The molecule has 36 heavy (non-hydrogen) atoms. The molecule has 10 heteroatoms. The quantitative estimate of drug-likeness (QED) is 0.383. The van der Waals surface area contributed by atoms with E-state index in [2.05, 4.69) is 15.6 Å². The van der Waals surface area contributed by atoms with Crippen molar-refractivity contribution in [2.24, 2.45) is 7.05 Å². The van der Waals surface area contributed by atoms with Crippen LogP contribution in [0.4, 0.5) is 11.6 Å². The van der Waals surface area contributed by atoms with E-state index < -0.39 is 6.10 Å². The monoisotopic (exact) mass is 486 g/mol. The Morgan fingerprint density at radius 3 is 2.58 bits per heavy atom. The van der Waals surface area contributed by atoms with Gasteiger partial charge in [0.15, 0.2) is 0 Å². The summed E-state index contributed by atoms with van der Waals surface area (Å²) in [5.74, 6) is 1.34. The zero-order valence-electron chi connectivity index (χ0n) is 19.9. The van der Waals surface area contributed by atoms with E-state index >= 15 is 0 Å². The lowest BCUT2D eigenvalue weighted by Gasteiger charge is -2.15. The first kappa shape index (κ1) is 23.3. The number of aliphatic hydroxyl groups excluding tert-OH is 1. The molecule has 5 rings (SSSR count). The number of ether oxygens (including phenoxy) is 1. The Bertz CT molecular complexity index is 1430. The summed E-state index contributed by atoms with van der Waals surface area (Å²) in [6, 6.07) is 16.0. The minimum Gasteiger partial charge on any atom is -0.457 e. The Labute approximate surface area is 207 Å². The second kappa shape index (κ2) is 9.67. The number of rotatable bonds is 6. The predicted molar refractivity (Wildman–Crippen MR) is 135 cm³/mol. The van der Waals surface area contributed by atoms with Crippen LogP contribution in [0.3, 0.4) is 0 Å². The number of nitrogens with one attached hydrogen (secondary N) is 2. The number of benzene rings is 2. The third-order valence-corrected chi connectivity index (χ3v) is 6.12. The second-order valence-electron chi connectivity index (χ2n) is 8.60. The first-order valence-corrected chi connectivity index (χ1v) is 11.6. The Hall–Kier alpha value is -4.44. The van der Waals surface area contributed by atoms with Gasteiger partial charge in [0.1, 0.15) is 17.2 Å². The summed E-state index contributed by atoms with van der Waals surface area (Å²) in [6.45, 7) is 0.947. The van der Waals surface area contributed by atoms with Crippen molar-refractivity contribution in [1.29, 1.82) is 0 Å². The zero-order chi connectivity index (χ0) is 25.2. The maximum absolute atomic E-state index is 12.6. The molecule has 1 saturated heterocycles. The Kier molecular flexibility index (Phi) is 6.26. The van der Waals surface area contributed by atoms with Crippen LogP contribution in [-0.2, 0) is 7.05 Å². The van der Waals surface area contributed by atoms with E-state index in [0.29, 0.717) is 42.5 Å². The van der Waals surface area contributed by atoms with Crippen LogP contribution in [0.2, 0.25) is 0 Å². The largest absolute Gasteiger partial charge is 0.457 e. The van der Waals surface area contributed by atoms with Crippen molar-refractivity contribution in [1.82, 2.24) is 24.8 Å². The molecule has 3 heterocycles. The van der Waals surface area contributed by atoms with Crippen molar-refractivity contribution in [2.45, 2.75) is 12.5 Å². The van der Waals surface area contributed by atoms with Crippen LogP contribution in [0, 0.1) is 0 Å². The van der Waals surface area contributed by atoms with E-state index in [0.717, 1.165) is 16.7 Å². The number of carbonyl (C=O) groups excluding carboxylic acids is 2. The predicted octanol–water partition coefficient (Wildman–Crippen LogP) is 3.07. The number of fused-ring (bicyclic) bond motifs is 1. The van der Waals surface area contributed by atoms with Crippen LogP contribution >= 0.6 is 0 Å². The second-order valence-corrected chi connectivity index (χ2v) is 8.60. The minimum atomic E-state index is -0.442. The van der Waals surface area contributed by atoms with Crippen LogP contribution < -0.4 is 15.4 Å². The molecule has 184 valence electrons. The number of hydrogen-bond donors (Lipinski definition) is 3. The third-order valence-electron chi connectivity index (χ3n) is 6.12. The number of carbonyl (C=O) groups is 2. The number of aryl methyl sites for hydroxylation is 1. The lowest BCUT2D eigenvalue weighted by molar-refractivity contribution is 0.0765. The molecule has 0 aliphatic carbocycles.